The zero-order valence-electron chi connectivity index (χ0n) is 15.1. The van der Waals surface area contributed by atoms with Gasteiger partial charge in [-0.25, -0.2) is 4.79 Å². The number of aliphatic carboxylic acids is 2. The van der Waals surface area contributed by atoms with Crippen molar-refractivity contribution in [1.29, 1.82) is 0 Å². The second-order valence-electron chi connectivity index (χ2n) is 6.10. The number of nitro benzene ring substituents is 2. The molecule has 0 aliphatic carbocycles. The van der Waals surface area contributed by atoms with Crippen molar-refractivity contribution >= 4 is 34.9 Å². The van der Waals surface area contributed by atoms with Crippen LogP contribution in [-0.4, -0.2) is 50.0 Å². The molecule has 0 aliphatic rings. The first-order chi connectivity index (χ1) is 13.3. The second kappa shape index (κ2) is 9.38. The lowest BCUT2D eigenvalue weighted by Crippen LogP contribution is -2.50. The predicted octanol–water partition coefficient (Wildman–Crippen LogP) is 1.12. The Morgan fingerprint density at radius 1 is 1.10 bits per heavy atom. The molecule has 1 amide bonds. The minimum atomic E-state index is -1.56. The van der Waals surface area contributed by atoms with Gasteiger partial charge in [0.05, 0.1) is 22.3 Å². The summed E-state index contributed by atoms with van der Waals surface area (Å²) in [7, 11) is 0. The van der Waals surface area contributed by atoms with E-state index in [0.29, 0.717) is 12.1 Å². The number of hydrogen-bond acceptors (Lipinski definition) is 8. The van der Waals surface area contributed by atoms with Crippen LogP contribution in [0, 0.1) is 32.0 Å². The molecular formula is C15H17FN4O9. The molecule has 0 saturated heterocycles. The van der Waals surface area contributed by atoms with Crippen molar-refractivity contribution in [3.05, 3.63) is 38.2 Å². The number of carbonyl (C=O) groups excluding carboxylic acids is 1. The van der Waals surface area contributed by atoms with Gasteiger partial charge in [0.1, 0.15) is 17.8 Å². The van der Waals surface area contributed by atoms with E-state index in [4.69, 9.17) is 5.11 Å². The zero-order chi connectivity index (χ0) is 22.5. The van der Waals surface area contributed by atoms with Gasteiger partial charge in [0.25, 0.3) is 5.69 Å². The molecule has 1 aromatic carbocycles. The molecule has 13 nitrogen and oxygen atoms in total. The van der Waals surface area contributed by atoms with E-state index in [1.807, 2.05) is 0 Å². The van der Waals surface area contributed by atoms with Crippen LogP contribution in [0.2, 0.25) is 0 Å². The number of anilines is 1. The third-order valence-corrected chi connectivity index (χ3v) is 3.85. The number of rotatable bonds is 10. The number of nitrogens with zero attached hydrogens (tertiary/aromatic N) is 2. The Hall–Kier alpha value is -3.84. The molecule has 0 bridgehead atoms. The second-order valence-corrected chi connectivity index (χ2v) is 6.10. The number of carbonyl (C=O) groups is 3. The Labute approximate surface area is 161 Å². The number of nitrogens with one attached hydrogen (secondary N) is 2. The summed E-state index contributed by atoms with van der Waals surface area (Å²) in [6.45, 7) is 2.47. The smallest absolute Gasteiger partial charge is 0.326 e. The number of hydrogen-bond donors (Lipinski definition) is 4. The number of carboxylic acid groups (broad SMARTS) is 2. The van der Waals surface area contributed by atoms with Crippen LogP contribution in [-0.2, 0) is 14.4 Å². The maximum atomic E-state index is 13.8. The van der Waals surface area contributed by atoms with E-state index >= 15 is 0 Å². The topological polar surface area (TPSA) is 202 Å². The highest BCUT2D eigenvalue weighted by molar-refractivity contribution is 5.89. The summed E-state index contributed by atoms with van der Waals surface area (Å²) in [6, 6.07) is -2.03. The molecule has 0 aliphatic heterocycles. The minimum absolute atomic E-state index is 0.386. The summed E-state index contributed by atoms with van der Waals surface area (Å²) in [6.07, 6.45) is -0.544. The molecule has 0 aromatic heterocycles. The van der Waals surface area contributed by atoms with Crippen molar-refractivity contribution in [2.24, 2.45) is 5.92 Å². The van der Waals surface area contributed by atoms with Gasteiger partial charge in [-0.2, -0.15) is 4.39 Å². The van der Waals surface area contributed by atoms with E-state index in [1.165, 1.54) is 13.8 Å². The van der Waals surface area contributed by atoms with Crippen LogP contribution in [0.3, 0.4) is 0 Å². The average Bonchev–Trinajstić information content (AvgIpc) is 2.57. The van der Waals surface area contributed by atoms with Gasteiger partial charge in [-0.3, -0.25) is 29.8 Å². The van der Waals surface area contributed by atoms with E-state index in [1.54, 1.807) is 0 Å². The van der Waals surface area contributed by atoms with Gasteiger partial charge in [-0.1, -0.05) is 6.92 Å². The number of carboxylic acids is 2. The van der Waals surface area contributed by atoms with Crippen molar-refractivity contribution in [3.8, 4) is 0 Å². The van der Waals surface area contributed by atoms with Crippen LogP contribution in [0.5, 0.6) is 0 Å². The molecular weight excluding hydrogens is 399 g/mol. The first kappa shape index (κ1) is 23.2. The van der Waals surface area contributed by atoms with Crippen molar-refractivity contribution < 1.29 is 38.8 Å². The van der Waals surface area contributed by atoms with E-state index in [9.17, 15) is 44.1 Å². The van der Waals surface area contributed by atoms with Crippen molar-refractivity contribution in [2.45, 2.75) is 32.4 Å². The molecule has 4 N–H and O–H groups in total. The molecule has 158 valence electrons. The molecule has 0 heterocycles. The number of amides is 1. The van der Waals surface area contributed by atoms with Crippen molar-refractivity contribution in [3.63, 3.8) is 0 Å². The average molecular weight is 416 g/mol. The zero-order valence-corrected chi connectivity index (χ0v) is 15.1. The lowest BCUT2D eigenvalue weighted by atomic mass is 9.98. The summed E-state index contributed by atoms with van der Waals surface area (Å²) in [5.41, 5.74) is -2.54. The summed E-state index contributed by atoms with van der Waals surface area (Å²) in [5.74, 6) is -6.10. The SMILES string of the molecule is C[C@H](CC(=O)O)[C@H](NC(=O)[C@@H](C)Nc1cc(F)c([N+](=O)[O-])cc1[N+](=O)[O-])C(=O)O. The molecule has 0 radical (unpaired) electrons. The van der Waals surface area contributed by atoms with Gasteiger partial charge in [-0.15, -0.1) is 0 Å². The summed E-state index contributed by atoms with van der Waals surface area (Å²) in [4.78, 5) is 53.9. The highest BCUT2D eigenvalue weighted by Gasteiger charge is 2.31. The molecule has 14 heteroatoms. The number of benzene rings is 1. The maximum Gasteiger partial charge on any atom is 0.326 e. The first-order valence-corrected chi connectivity index (χ1v) is 7.99. The fourth-order valence-corrected chi connectivity index (χ4v) is 2.38. The summed E-state index contributed by atoms with van der Waals surface area (Å²) >= 11 is 0. The van der Waals surface area contributed by atoms with Crippen molar-refractivity contribution in [2.75, 3.05) is 5.32 Å². The van der Waals surface area contributed by atoms with Gasteiger partial charge in [0.2, 0.25) is 11.7 Å². The standard InChI is InChI=1S/C15H17FN4O9/c1-6(3-12(21)22)13(15(24)25)18-14(23)7(2)17-9-4-8(16)10(19(26)27)5-11(9)20(28)29/h4-7,13,17H,3H2,1-2H3,(H,18,23)(H,21,22)(H,24,25)/t6-,7-,13+/m1/s1. The Morgan fingerprint density at radius 2 is 1.66 bits per heavy atom. The van der Waals surface area contributed by atoms with Gasteiger partial charge >= 0.3 is 17.6 Å². The van der Waals surface area contributed by atoms with Crippen LogP contribution in [0.1, 0.15) is 20.3 Å². The summed E-state index contributed by atoms with van der Waals surface area (Å²) in [5, 5.41) is 44.2. The lowest BCUT2D eigenvalue weighted by molar-refractivity contribution is -0.395. The van der Waals surface area contributed by atoms with E-state index < -0.39 is 75.0 Å². The highest BCUT2D eigenvalue weighted by Crippen LogP contribution is 2.32. The third kappa shape index (κ3) is 6.08. The Morgan fingerprint density at radius 3 is 2.10 bits per heavy atom. The first-order valence-electron chi connectivity index (χ1n) is 7.99. The summed E-state index contributed by atoms with van der Waals surface area (Å²) < 4.78 is 13.8. The highest BCUT2D eigenvalue weighted by atomic mass is 19.1. The molecule has 29 heavy (non-hydrogen) atoms. The molecule has 0 unspecified atom stereocenters. The van der Waals surface area contributed by atoms with Crippen LogP contribution in [0.25, 0.3) is 0 Å². The number of halogens is 1. The maximum absolute atomic E-state index is 13.8. The van der Waals surface area contributed by atoms with Gasteiger partial charge in [-0.05, 0) is 12.8 Å². The van der Waals surface area contributed by atoms with Crippen LogP contribution < -0.4 is 10.6 Å². The Balaban J connectivity index is 3.06. The molecule has 1 aromatic rings. The quantitative estimate of drug-likeness (QED) is 0.316. The Bertz CT molecular complexity index is 860. The van der Waals surface area contributed by atoms with Crippen molar-refractivity contribution in [1.82, 2.24) is 5.32 Å². The van der Waals surface area contributed by atoms with Crippen LogP contribution >= 0.6 is 0 Å². The monoisotopic (exact) mass is 416 g/mol. The molecule has 1 rings (SSSR count). The van der Waals surface area contributed by atoms with E-state index in [-0.39, 0.29) is 0 Å². The minimum Gasteiger partial charge on any atom is -0.481 e. The Kier molecular flexibility index (Phi) is 7.51. The fraction of sp³-hybridized carbons (Fsp3) is 0.400. The third-order valence-electron chi connectivity index (χ3n) is 3.85. The normalized spacial score (nSPS) is 13.6. The fourth-order valence-electron chi connectivity index (χ4n) is 2.38. The van der Waals surface area contributed by atoms with Crippen LogP contribution in [0.4, 0.5) is 21.5 Å². The van der Waals surface area contributed by atoms with E-state index in [0.717, 1.165) is 0 Å². The molecule has 3 atom stereocenters. The van der Waals surface area contributed by atoms with Crippen LogP contribution in [0.15, 0.2) is 12.1 Å². The largest absolute Gasteiger partial charge is 0.481 e. The van der Waals surface area contributed by atoms with Gasteiger partial charge in [0, 0.05) is 6.07 Å². The molecule has 0 spiro atoms. The van der Waals surface area contributed by atoms with Gasteiger partial charge < -0.3 is 20.8 Å². The molecule has 0 saturated carbocycles. The number of nitro groups is 2. The molecule has 0 fully saturated rings. The predicted molar refractivity (Wildman–Crippen MR) is 93.8 cm³/mol. The lowest BCUT2D eigenvalue weighted by Gasteiger charge is -2.23. The van der Waals surface area contributed by atoms with Gasteiger partial charge in [0.15, 0.2) is 0 Å². The van der Waals surface area contributed by atoms with E-state index in [2.05, 4.69) is 10.6 Å².